The highest BCUT2D eigenvalue weighted by atomic mass is 32.1. The van der Waals surface area contributed by atoms with E-state index in [1.165, 1.54) is 11.3 Å². The fourth-order valence-electron chi connectivity index (χ4n) is 3.03. The quantitative estimate of drug-likeness (QED) is 0.764. The van der Waals surface area contributed by atoms with E-state index in [0.717, 1.165) is 43.0 Å². The van der Waals surface area contributed by atoms with Crippen LogP contribution in [-0.2, 0) is 4.79 Å². The largest absolute Gasteiger partial charge is 0.355 e. The number of pyridine rings is 1. The maximum atomic E-state index is 12.3. The van der Waals surface area contributed by atoms with Crippen molar-refractivity contribution in [3.63, 3.8) is 0 Å². The second-order valence-corrected chi connectivity index (χ2v) is 7.00. The Bertz CT molecular complexity index is 845. The standard InChI is InChI=1S/C18H18N6OS/c25-17(21-18-20-9-12-26-18)14-5-10-24(11-6-14)16-2-1-15(22-23-16)13-3-7-19-8-4-13/h1-4,7-9,12,14H,5-6,10-11H2,(H,20,21,25). The molecule has 0 saturated carbocycles. The lowest BCUT2D eigenvalue weighted by molar-refractivity contribution is -0.120. The number of anilines is 2. The second-order valence-electron chi connectivity index (χ2n) is 6.10. The summed E-state index contributed by atoms with van der Waals surface area (Å²) in [7, 11) is 0. The van der Waals surface area contributed by atoms with Gasteiger partial charge in [0.25, 0.3) is 0 Å². The van der Waals surface area contributed by atoms with Gasteiger partial charge in [0.2, 0.25) is 5.91 Å². The number of nitrogens with one attached hydrogen (secondary N) is 1. The van der Waals surface area contributed by atoms with Crippen molar-refractivity contribution in [3.05, 3.63) is 48.2 Å². The van der Waals surface area contributed by atoms with Crippen molar-refractivity contribution in [1.82, 2.24) is 20.2 Å². The van der Waals surface area contributed by atoms with E-state index in [2.05, 4.69) is 30.4 Å². The third-order valence-corrected chi connectivity index (χ3v) is 5.17. The van der Waals surface area contributed by atoms with Crippen LogP contribution in [0, 0.1) is 5.92 Å². The van der Waals surface area contributed by atoms with Crippen LogP contribution in [0.1, 0.15) is 12.8 Å². The Balaban J connectivity index is 1.35. The molecule has 26 heavy (non-hydrogen) atoms. The predicted molar refractivity (Wildman–Crippen MR) is 101 cm³/mol. The molecular formula is C18H18N6OS. The number of nitrogens with zero attached hydrogens (tertiary/aromatic N) is 5. The summed E-state index contributed by atoms with van der Waals surface area (Å²) in [6, 6.07) is 7.78. The molecule has 0 radical (unpaired) electrons. The summed E-state index contributed by atoms with van der Waals surface area (Å²) >= 11 is 1.44. The summed E-state index contributed by atoms with van der Waals surface area (Å²) < 4.78 is 0. The average molecular weight is 366 g/mol. The van der Waals surface area contributed by atoms with Crippen LogP contribution in [0.4, 0.5) is 10.9 Å². The fourth-order valence-corrected chi connectivity index (χ4v) is 3.57. The molecule has 7 nitrogen and oxygen atoms in total. The van der Waals surface area contributed by atoms with E-state index in [0.29, 0.717) is 5.13 Å². The van der Waals surface area contributed by atoms with E-state index in [-0.39, 0.29) is 11.8 Å². The Morgan fingerprint density at radius 3 is 2.54 bits per heavy atom. The monoisotopic (exact) mass is 366 g/mol. The molecule has 0 bridgehead atoms. The Morgan fingerprint density at radius 1 is 1.08 bits per heavy atom. The molecule has 1 fully saturated rings. The molecule has 3 aromatic rings. The van der Waals surface area contributed by atoms with Gasteiger partial charge in [-0.2, -0.15) is 0 Å². The van der Waals surface area contributed by atoms with Crippen LogP contribution in [0.15, 0.2) is 48.2 Å². The fraction of sp³-hybridized carbons (Fsp3) is 0.278. The number of amides is 1. The van der Waals surface area contributed by atoms with Crippen molar-refractivity contribution in [3.8, 4) is 11.3 Å². The summed E-state index contributed by atoms with van der Waals surface area (Å²) in [6.07, 6.45) is 6.77. The predicted octanol–water partition coefficient (Wildman–Crippen LogP) is 2.85. The average Bonchev–Trinajstić information content (AvgIpc) is 3.22. The zero-order valence-electron chi connectivity index (χ0n) is 14.1. The van der Waals surface area contributed by atoms with Gasteiger partial charge < -0.3 is 10.2 Å². The minimum Gasteiger partial charge on any atom is -0.355 e. The third kappa shape index (κ3) is 3.70. The second kappa shape index (κ2) is 7.57. The first kappa shape index (κ1) is 16.6. The van der Waals surface area contributed by atoms with Gasteiger partial charge in [0.05, 0.1) is 5.69 Å². The molecule has 1 N–H and O–H groups in total. The minimum atomic E-state index is 0.0131. The molecule has 1 saturated heterocycles. The first-order valence-electron chi connectivity index (χ1n) is 8.49. The first-order valence-corrected chi connectivity index (χ1v) is 9.37. The van der Waals surface area contributed by atoms with Crippen LogP contribution in [0.5, 0.6) is 0 Å². The summed E-state index contributed by atoms with van der Waals surface area (Å²) in [5.74, 6) is 0.916. The Kier molecular flexibility index (Phi) is 4.83. The van der Waals surface area contributed by atoms with Crippen molar-refractivity contribution in [2.75, 3.05) is 23.3 Å². The summed E-state index contributed by atoms with van der Waals surface area (Å²) in [5, 5.41) is 14.1. The van der Waals surface area contributed by atoms with Gasteiger partial charge in [-0.15, -0.1) is 21.5 Å². The minimum absolute atomic E-state index is 0.0131. The molecule has 0 atom stereocenters. The number of aromatic nitrogens is 4. The molecule has 1 amide bonds. The van der Waals surface area contributed by atoms with Crippen LogP contribution >= 0.6 is 11.3 Å². The van der Waals surface area contributed by atoms with Crippen LogP contribution in [0.3, 0.4) is 0 Å². The smallest absolute Gasteiger partial charge is 0.229 e. The number of piperidine rings is 1. The number of carbonyl (C=O) groups excluding carboxylic acids is 1. The van der Waals surface area contributed by atoms with Gasteiger partial charge >= 0.3 is 0 Å². The van der Waals surface area contributed by atoms with Crippen LogP contribution in [0.2, 0.25) is 0 Å². The number of rotatable bonds is 4. The highest BCUT2D eigenvalue weighted by molar-refractivity contribution is 7.13. The first-order chi connectivity index (χ1) is 12.8. The zero-order valence-corrected chi connectivity index (χ0v) is 14.9. The van der Waals surface area contributed by atoms with Gasteiger partial charge in [0.1, 0.15) is 0 Å². The SMILES string of the molecule is O=C(Nc1nccs1)C1CCN(c2ccc(-c3ccncc3)nn2)CC1. The zero-order chi connectivity index (χ0) is 17.8. The molecule has 0 spiro atoms. The maximum Gasteiger partial charge on any atom is 0.229 e. The van der Waals surface area contributed by atoms with E-state index in [1.807, 2.05) is 29.6 Å². The number of hydrogen-bond donors (Lipinski definition) is 1. The summed E-state index contributed by atoms with van der Waals surface area (Å²) in [6.45, 7) is 1.58. The van der Waals surface area contributed by atoms with Gasteiger partial charge in [-0.25, -0.2) is 4.98 Å². The Hall–Kier alpha value is -2.87. The van der Waals surface area contributed by atoms with Gasteiger partial charge in [0, 0.05) is 48.5 Å². The number of thiazole rings is 1. The molecule has 0 unspecified atom stereocenters. The van der Waals surface area contributed by atoms with Gasteiger partial charge in [-0.1, -0.05) is 0 Å². The summed E-state index contributed by atoms with van der Waals surface area (Å²) in [4.78, 5) is 22.6. The van der Waals surface area contributed by atoms with Gasteiger partial charge in [0.15, 0.2) is 10.9 Å². The Labute approximate surface area is 155 Å². The molecule has 0 aromatic carbocycles. The highest BCUT2D eigenvalue weighted by Gasteiger charge is 2.26. The summed E-state index contributed by atoms with van der Waals surface area (Å²) in [5.41, 5.74) is 1.82. The number of hydrogen-bond acceptors (Lipinski definition) is 7. The van der Waals surface area contributed by atoms with Crippen molar-refractivity contribution in [2.24, 2.45) is 5.92 Å². The molecule has 1 aliphatic rings. The van der Waals surface area contributed by atoms with Crippen molar-refractivity contribution >= 4 is 28.2 Å². The lowest BCUT2D eigenvalue weighted by atomic mass is 9.96. The topological polar surface area (TPSA) is 83.9 Å². The van der Waals surface area contributed by atoms with Crippen molar-refractivity contribution < 1.29 is 4.79 Å². The molecular weight excluding hydrogens is 348 g/mol. The lowest BCUT2D eigenvalue weighted by Gasteiger charge is -2.31. The van der Waals surface area contributed by atoms with Crippen LogP contribution in [-0.4, -0.2) is 39.2 Å². The van der Waals surface area contributed by atoms with E-state index in [4.69, 9.17) is 0 Å². The normalized spacial score (nSPS) is 15.0. The molecule has 3 aromatic heterocycles. The van der Waals surface area contributed by atoms with Crippen LogP contribution < -0.4 is 10.2 Å². The number of carbonyl (C=O) groups is 1. The van der Waals surface area contributed by atoms with Crippen molar-refractivity contribution in [2.45, 2.75) is 12.8 Å². The van der Waals surface area contributed by atoms with E-state index in [9.17, 15) is 4.79 Å². The van der Waals surface area contributed by atoms with Gasteiger partial charge in [-0.3, -0.25) is 9.78 Å². The van der Waals surface area contributed by atoms with Gasteiger partial charge in [-0.05, 0) is 37.1 Å². The molecule has 1 aliphatic heterocycles. The highest BCUT2D eigenvalue weighted by Crippen LogP contribution is 2.24. The third-order valence-electron chi connectivity index (χ3n) is 4.48. The Morgan fingerprint density at radius 2 is 1.88 bits per heavy atom. The molecule has 132 valence electrons. The van der Waals surface area contributed by atoms with E-state index in [1.54, 1.807) is 18.6 Å². The van der Waals surface area contributed by atoms with Crippen LogP contribution in [0.25, 0.3) is 11.3 Å². The molecule has 4 heterocycles. The maximum absolute atomic E-state index is 12.3. The van der Waals surface area contributed by atoms with E-state index >= 15 is 0 Å². The van der Waals surface area contributed by atoms with E-state index < -0.39 is 0 Å². The molecule has 4 rings (SSSR count). The lowest BCUT2D eigenvalue weighted by Crippen LogP contribution is -2.38. The van der Waals surface area contributed by atoms with Crippen molar-refractivity contribution in [1.29, 1.82) is 0 Å². The molecule has 0 aliphatic carbocycles. The molecule has 8 heteroatoms.